The zero-order valence-electron chi connectivity index (χ0n) is 22.0. The fourth-order valence-corrected chi connectivity index (χ4v) is 3.59. The first-order chi connectivity index (χ1) is 18.9. The Labute approximate surface area is 226 Å². The molecule has 0 spiro atoms. The molecular weight excluding hydrogens is 501 g/mol. The molecule has 4 aromatic rings. The monoisotopic (exact) mass is 531 g/mol. The molecule has 0 aliphatic carbocycles. The summed E-state index contributed by atoms with van der Waals surface area (Å²) in [7, 11) is 5.25. The third-order valence-corrected chi connectivity index (χ3v) is 5.48. The Morgan fingerprint density at radius 2 is 1.85 bits per heavy atom. The van der Waals surface area contributed by atoms with Crippen LogP contribution >= 0.6 is 0 Å². The molecule has 2 N–H and O–H groups in total. The van der Waals surface area contributed by atoms with E-state index in [4.69, 9.17) is 14.2 Å². The van der Waals surface area contributed by atoms with Crippen molar-refractivity contribution in [2.45, 2.75) is 6.61 Å². The lowest BCUT2D eigenvalue weighted by molar-refractivity contribution is -0.112. The predicted octanol–water partition coefficient (Wildman–Crippen LogP) is 5.13. The van der Waals surface area contributed by atoms with E-state index in [1.807, 2.05) is 44.4 Å². The molecule has 9 nitrogen and oxygen atoms in total. The van der Waals surface area contributed by atoms with Crippen LogP contribution in [0.1, 0.15) is 5.56 Å². The van der Waals surface area contributed by atoms with E-state index in [0.717, 1.165) is 11.3 Å². The SMILES string of the molecule is COCCOc1cc2ncnc(Nc3ccc(OCc4cccc(F)c4)cc3)c2cc1NC(=O)/C=C/N(C)C. The van der Waals surface area contributed by atoms with Gasteiger partial charge >= 0.3 is 0 Å². The Balaban J connectivity index is 1.54. The molecule has 202 valence electrons. The Morgan fingerprint density at radius 1 is 1.03 bits per heavy atom. The van der Waals surface area contributed by atoms with Crippen LogP contribution in [0.15, 0.2) is 79.3 Å². The van der Waals surface area contributed by atoms with E-state index in [1.54, 1.807) is 36.4 Å². The number of nitrogens with one attached hydrogen (secondary N) is 2. The number of hydrogen-bond acceptors (Lipinski definition) is 8. The van der Waals surface area contributed by atoms with Crippen molar-refractivity contribution in [1.82, 2.24) is 14.9 Å². The van der Waals surface area contributed by atoms with Crippen LogP contribution in [-0.2, 0) is 16.1 Å². The van der Waals surface area contributed by atoms with Crippen LogP contribution in [-0.4, -0.2) is 55.2 Å². The number of nitrogens with zero attached hydrogens (tertiary/aromatic N) is 3. The number of amides is 1. The van der Waals surface area contributed by atoms with Gasteiger partial charge in [0.25, 0.3) is 0 Å². The van der Waals surface area contributed by atoms with Crippen LogP contribution in [0.2, 0.25) is 0 Å². The molecule has 39 heavy (non-hydrogen) atoms. The Morgan fingerprint density at radius 3 is 2.59 bits per heavy atom. The molecule has 0 unspecified atom stereocenters. The fourth-order valence-electron chi connectivity index (χ4n) is 3.59. The quantitative estimate of drug-likeness (QED) is 0.192. The first-order valence-corrected chi connectivity index (χ1v) is 12.2. The van der Waals surface area contributed by atoms with Crippen LogP contribution in [0.3, 0.4) is 0 Å². The molecule has 0 saturated carbocycles. The normalized spacial score (nSPS) is 11.0. The van der Waals surface area contributed by atoms with E-state index in [2.05, 4.69) is 20.6 Å². The van der Waals surface area contributed by atoms with Gasteiger partial charge in [0.15, 0.2) is 0 Å². The summed E-state index contributed by atoms with van der Waals surface area (Å²) >= 11 is 0. The second kappa shape index (κ2) is 13.2. The van der Waals surface area contributed by atoms with Crippen LogP contribution in [0.5, 0.6) is 11.5 Å². The Kier molecular flexibility index (Phi) is 9.25. The average molecular weight is 532 g/mol. The van der Waals surface area contributed by atoms with E-state index in [0.29, 0.717) is 47.1 Å². The highest BCUT2D eigenvalue weighted by atomic mass is 19.1. The molecule has 0 aliphatic rings. The molecule has 0 atom stereocenters. The molecule has 1 aromatic heterocycles. The first kappa shape index (κ1) is 27.3. The summed E-state index contributed by atoms with van der Waals surface area (Å²) < 4.78 is 30.1. The second-order valence-corrected chi connectivity index (χ2v) is 8.77. The number of anilines is 3. The molecule has 0 aliphatic heterocycles. The number of hydrogen-bond donors (Lipinski definition) is 2. The highest BCUT2D eigenvalue weighted by Crippen LogP contribution is 2.33. The molecule has 10 heteroatoms. The first-order valence-electron chi connectivity index (χ1n) is 12.2. The highest BCUT2D eigenvalue weighted by molar-refractivity contribution is 6.03. The number of benzene rings is 3. The largest absolute Gasteiger partial charge is 0.489 e. The number of carbonyl (C=O) groups excluding carboxylic acids is 1. The summed E-state index contributed by atoms with van der Waals surface area (Å²) in [5, 5.41) is 6.86. The van der Waals surface area contributed by atoms with Crippen molar-refractivity contribution in [3.05, 3.63) is 90.6 Å². The molecule has 1 heterocycles. The van der Waals surface area contributed by atoms with Crippen molar-refractivity contribution >= 4 is 34.0 Å². The summed E-state index contributed by atoms with van der Waals surface area (Å²) in [6.45, 7) is 0.959. The predicted molar refractivity (Wildman–Crippen MR) is 149 cm³/mol. The van der Waals surface area contributed by atoms with Gasteiger partial charge in [-0.3, -0.25) is 4.79 Å². The number of fused-ring (bicyclic) bond motifs is 1. The second-order valence-electron chi connectivity index (χ2n) is 8.77. The number of rotatable bonds is 12. The van der Waals surface area contributed by atoms with Crippen molar-refractivity contribution in [1.29, 1.82) is 0 Å². The lowest BCUT2D eigenvalue weighted by Gasteiger charge is -2.15. The standard InChI is InChI=1S/C29H30FN5O4/c1-35(2)12-11-28(36)34-26-16-24-25(17-27(26)38-14-13-37-3)31-19-32-29(24)33-22-7-9-23(10-8-22)39-18-20-5-4-6-21(30)15-20/h4-12,15-17,19H,13-14,18H2,1-3H3,(H,34,36)(H,31,32,33)/b12-11+. The van der Waals surface area contributed by atoms with Crippen LogP contribution in [0, 0.1) is 5.82 Å². The molecule has 4 rings (SSSR count). The molecule has 0 bridgehead atoms. The summed E-state index contributed by atoms with van der Waals surface area (Å²) in [4.78, 5) is 23.1. The van der Waals surface area contributed by atoms with Crippen LogP contribution < -0.4 is 20.1 Å². The van der Waals surface area contributed by atoms with E-state index in [1.165, 1.54) is 24.5 Å². The lowest BCUT2D eigenvalue weighted by atomic mass is 10.1. The minimum absolute atomic E-state index is 0.258. The van der Waals surface area contributed by atoms with Gasteiger partial charge in [0.1, 0.15) is 42.7 Å². The summed E-state index contributed by atoms with van der Waals surface area (Å²) in [5.74, 6) is 1.06. The van der Waals surface area contributed by atoms with Gasteiger partial charge in [0.05, 0.1) is 17.8 Å². The fraction of sp³-hybridized carbons (Fsp3) is 0.207. The van der Waals surface area contributed by atoms with Crippen molar-refractivity contribution in [3.63, 3.8) is 0 Å². The third-order valence-electron chi connectivity index (χ3n) is 5.48. The maximum atomic E-state index is 13.4. The van der Waals surface area contributed by atoms with Crippen molar-refractivity contribution in [2.24, 2.45) is 0 Å². The number of methoxy groups -OCH3 is 1. The van der Waals surface area contributed by atoms with E-state index in [9.17, 15) is 9.18 Å². The van der Waals surface area contributed by atoms with Gasteiger partial charge in [0.2, 0.25) is 5.91 Å². The van der Waals surface area contributed by atoms with Crippen molar-refractivity contribution in [3.8, 4) is 11.5 Å². The Hall–Kier alpha value is -4.70. The average Bonchev–Trinajstić information content (AvgIpc) is 2.92. The molecule has 0 radical (unpaired) electrons. The number of aromatic nitrogens is 2. The van der Waals surface area contributed by atoms with Gasteiger partial charge in [-0.2, -0.15) is 0 Å². The summed E-state index contributed by atoms with van der Waals surface area (Å²) in [6, 6.07) is 17.2. The van der Waals surface area contributed by atoms with E-state index in [-0.39, 0.29) is 18.3 Å². The maximum Gasteiger partial charge on any atom is 0.249 e. The third kappa shape index (κ3) is 7.89. The zero-order chi connectivity index (χ0) is 27.6. The van der Waals surface area contributed by atoms with E-state index >= 15 is 0 Å². The van der Waals surface area contributed by atoms with Crippen molar-refractivity contribution in [2.75, 3.05) is 45.1 Å². The minimum atomic E-state index is -0.306. The van der Waals surface area contributed by atoms with Crippen molar-refractivity contribution < 1.29 is 23.4 Å². The molecule has 0 saturated heterocycles. The summed E-state index contributed by atoms with van der Waals surface area (Å²) in [6.07, 6.45) is 4.54. The Bertz CT molecular complexity index is 1440. The number of ether oxygens (including phenoxy) is 3. The van der Waals surface area contributed by atoms with Gasteiger partial charge in [-0.1, -0.05) is 12.1 Å². The number of carbonyl (C=O) groups is 1. The maximum absolute atomic E-state index is 13.4. The molecule has 1 amide bonds. The smallest absolute Gasteiger partial charge is 0.249 e. The van der Waals surface area contributed by atoms with Gasteiger partial charge in [-0.05, 0) is 48.0 Å². The molecule has 3 aromatic carbocycles. The topological polar surface area (TPSA) is 97.8 Å². The molecule has 0 fully saturated rings. The van der Waals surface area contributed by atoms with Gasteiger partial charge in [-0.15, -0.1) is 0 Å². The van der Waals surface area contributed by atoms with E-state index < -0.39 is 0 Å². The van der Waals surface area contributed by atoms with Crippen LogP contribution in [0.4, 0.5) is 21.6 Å². The van der Waals surface area contributed by atoms with Crippen LogP contribution in [0.25, 0.3) is 10.9 Å². The highest BCUT2D eigenvalue weighted by Gasteiger charge is 2.13. The zero-order valence-corrected chi connectivity index (χ0v) is 22.0. The molecular formula is C29H30FN5O4. The van der Waals surface area contributed by atoms with Gasteiger partial charge in [0, 0.05) is 50.6 Å². The lowest BCUT2D eigenvalue weighted by Crippen LogP contribution is -2.13. The number of halogens is 1. The van der Waals surface area contributed by atoms with Gasteiger partial charge < -0.3 is 29.7 Å². The minimum Gasteiger partial charge on any atom is -0.489 e. The summed E-state index contributed by atoms with van der Waals surface area (Å²) in [5.41, 5.74) is 2.63. The van der Waals surface area contributed by atoms with Gasteiger partial charge in [-0.25, -0.2) is 14.4 Å².